The van der Waals surface area contributed by atoms with Crippen molar-refractivity contribution >= 4 is 23.3 Å². The molecule has 1 fully saturated rings. The van der Waals surface area contributed by atoms with Gasteiger partial charge in [0.15, 0.2) is 11.5 Å². The molecule has 1 heterocycles. The number of carboxylic acids is 1. The van der Waals surface area contributed by atoms with Crippen LogP contribution in [0.3, 0.4) is 0 Å². The van der Waals surface area contributed by atoms with E-state index in [0.717, 1.165) is 5.56 Å². The van der Waals surface area contributed by atoms with Crippen LogP contribution in [0, 0.1) is 0 Å². The standard InChI is InChI=1S/C27H28N2O6/c1-33-24-10-6-9-20(25(24)34-2)18-29(26(30)19-7-4-3-5-8-19)21-11-12-23(22(17-21)27(31)32)28-13-15-35-16-14-28/h3-12,17H,13-16,18H2,1-2H3,(H,31,32). The number of carbonyl (C=O) groups is 2. The molecule has 8 heteroatoms. The summed E-state index contributed by atoms with van der Waals surface area (Å²) in [5, 5.41) is 10.0. The molecule has 0 spiro atoms. The van der Waals surface area contributed by atoms with Crippen LogP contribution in [0.1, 0.15) is 26.3 Å². The van der Waals surface area contributed by atoms with Crippen molar-refractivity contribution in [2.45, 2.75) is 6.54 Å². The van der Waals surface area contributed by atoms with Gasteiger partial charge in [-0.25, -0.2) is 4.79 Å². The van der Waals surface area contributed by atoms with Crippen LogP contribution >= 0.6 is 0 Å². The number of hydrogen-bond acceptors (Lipinski definition) is 6. The zero-order valence-corrected chi connectivity index (χ0v) is 19.8. The molecule has 1 aliphatic heterocycles. The Morgan fingerprint density at radius 2 is 1.71 bits per heavy atom. The maximum Gasteiger partial charge on any atom is 0.337 e. The van der Waals surface area contributed by atoms with Crippen molar-refractivity contribution < 1.29 is 28.9 Å². The highest BCUT2D eigenvalue weighted by atomic mass is 16.5. The maximum absolute atomic E-state index is 13.7. The molecule has 3 aromatic carbocycles. The van der Waals surface area contributed by atoms with Gasteiger partial charge in [0.05, 0.1) is 45.2 Å². The van der Waals surface area contributed by atoms with E-state index in [0.29, 0.717) is 54.7 Å². The Kier molecular flexibility index (Phi) is 7.52. The Morgan fingerprint density at radius 3 is 2.37 bits per heavy atom. The number of benzene rings is 3. The lowest BCUT2D eigenvalue weighted by Gasteiger charge is -2.31. The highest BCUT2D eigenvalue weighted by molar-refractivity contribution is 6.07. The molecule has 182 valence electrons. The van der Waals surface area contributed by atoms with Crippen molar-refractivity contribution in [3.63, 3.8) is 0 Å². The number of hydrogen-bond donors (Lipinski definition) is 1. The van der Waals surface area contributed by atoms with E-state index in [4.69, 9.17) is 14.2 Å². The van der Waals surface area contributed by atoms with Gasteiger partial charge in [0.25, 0.3) is 5.91 Å². The smallest absolute Gasteiger partial charge is 0.337 e. The molecule has 0 unspecified atom stereocenters. The highest BCUT2D eigenvalue weighted by Crippen LogP contribution is 2.34. The van der Waals surface area contributed by atoms with Crippen LogP contribution in [0.15, 0.2) is 66.7 Å². The van der Waals surface area contributed by atoms with Gasteiger partial charge in [0.1, 0.15) is 0 Å². The first-order valence-corrected chi connectivity index (χ1v) is 11.3. The van der Waals surface area contributed by atoms with Crippen LogP contribution in [0.5, 0.6) is 11.5 Å². The van der Waals surface area contributed by atoms with Crippen molar-refractivity contribution in [1.82, 2.24) is 0 Å². The fourth-order valence-corrected chi connectivity index (χ4v) is 4.21. The lowest BCUT2D eigenvalue weighted by atomic mass is 10.1. The van der Waals surface area contributed by atoms with Gasteiger partial charge >= 0.3 is 5.97 Å². The average Bonchev–Trinajstić information content (AvgIpc) is 2.91. The minimum Gasteiger partial charge on any atom is -0.493 e. The Hall–Kier alpha value is -4.04. The van der Waals surface area contributed by atoms with Crippen LogP contribution in [-0.4, -0.2) is 57.5 Å². The van der Waals surface area contributed by atoms with E-state index in [-0.39, 0.29) is 18.0 Å². The summed E-state index contributed by atoms with van der Waals surface area (Å²) >= 11 is 0. The number of aromatic carboxylic acids is 1. The van der Waals surface area contributed by atoms with Crippen LogP contribution in [-0.2, 0) is 11.3 Å². The minimum atomic E-state index is -1.06. The summed E-state index contributed by atoms with van der Waals surface area (Å²) < 4.78 is 16.4. The molecule has 0 saturated carbocycles. The first kappa shape index (κ1) is 24.1. The fourth-order valence-electron chi connectivity index (χ4n) is 4.21. The SMILES string of the molecule is COc1cccc(CN(C(=O)c2ccccc2)c2ccc(N3CCOCC3)c(C(=O)O)c2)c1OC. The number of amides is 1. The van der Waals surface area contributed by atoms with Gasteiger partial charge in [-0.15, -0.1) is 0 Å². The molecular formula is C27H28N2O6. The third-order valence-electron chi connectivity index (χ3n) is 5.95. The van der Waals surface area contributed by atoms with Crippen molar-refractivity contribution in [3.05, 3.63) is 83.4 Å². The van der Waals surface area contributed by atoms with Crippen LogP contribution in [0.25, 0.3) is 0 Å². The van der Waals surface area contributed by atoms with Gasteiger partial charge in [-0.2, -0.15) is 0 Å². The summed E-state index contributed by atoms with van der Waals surface area (Å²) in [4.78, 5) is 29.4. The molecule has 35 heavy (non-hydrogen) atoms. The maximum atomic E-state index is 13.7. The Balaban J connectivity index is 1.79. The molecule has 0 atom stereocenters. The summed E-state index contributed by atoms with van der Waals surface area (Å²) in [6.07, 6.45) is 0. The van der Waals surface area contributed by atoms with Crippen molar-refractivity contribution in [2.75, 3.05) is 50.3 Å². The van der Waals surface area contributed by atoms with Crippen LogP contribution < -0.4 is 19.3 Å². The normalized spacial score (nSPS) is 13.3. The zero-order chi connectivity index (χ0) is 24.8. The topological polar surface area (TPSA) is 88.5 Å². The molecule has 1 N–H and O–H groups in total. The summed E-state index contributed by atoms with van der Waals surface area (Å²) in [6, 6.07) is 19.5. The largest absolute Gasteiger partial charge is 0.493 e. The van der Waals surface area contributed by atoms with Crippen molar-refractivity contribution in [3.8, 4) is 11.5 Å². The quantitative estimate of drug-likeness (QED) is 0.524. The van der Waals surface area contributed by atoms with Crippen LogP contribution in [0.4, 0.5) is 11.4 Å². The average molecular weight is 477 g/mol. The van der Waals surface area contributed by atoms with E-state index in [9.17, 15) is 14.7 Å². The second kappa shape index (κ2) is 10.9. The summed E-state index contributed by atoms with van der Waals surface area (Å²) in [5.74, 6) is -0.249. The number of para-hydroxylation sites is 1. The molecular weight excluding hydrogens is 448 g/mol. The Labute approximate surface area is 204 Å². The van der Waals surface area contributed by atoms with E-state index in [1.807, 2.05) is 23.1 Å². The number of ether oxygens (including phenoxy) is 3. The van der Waals surface area contributed by atoms with Crippen molar-refractivity contribution in [2.24, 2.45) is 0 Å². The molecule has 4 rings (SSSR count). The van der Waals surface area contributed by atoms with E-state index < -0.39 is 5.97 Å². The third-order valence-corrected chi connectivity index (χ3v) is 5.95. The van der Waals surface area contributed by atoms with E-state index in [2.05, 4.69) is 0 Å². The van der Waals surface area contributed by atoms with Gasteiger partial charge in [-0.3, -0.25) is 4.79 Å². The lowest BCUT2D eigenvalue weighted by Crippen LogP contribution is -2.37. The minimum absolute atomic E-state index is 0.132. The highest BCUT2D eigenvalue weighted by Gasteiger charge is 2.25. The monoisotopic (exact) mass is 476 g/mol. The molecule has 3 aromatic rings. The summed E-state index contributed by atoms with van der Waals surface area (Å²) in [7, 11) is 3.10. The summed E-state index contributed by atoms with van der Waals surface area (Å²) in [6.45, 7) is 2.44. The van der Waals surface area contributed by atoms with E-state index >= 15 is 0 Å². The zero-order valence-electron chi connectivity index (χ0n) is 19.8. The Bertz CT molecular complexity index is 1190. The molecule has 0 bridgehead atoms. The van der Waals surface area contributed by atoms with E-state index in [1.165, 1.54) is 0 Å². The van der Waals surface area contributed by atoms with Gasteiger partial charge in [0.2, 0.25) is 0 Å². The number of methoxy groups -OCH3 is 2. The van der Waals surface area contributed by atoms with E-state index in [1.54, 1.807) is 67.7 Å². The first-order chi connectivity index (χ1) is 17.0. The molecule has 1 aliphatic rings. The molecule has 1 amide bonds. The molecule has 0 aliphatic carbocycles. The second-order valence-electron chi connectivity index (χ2n) is 8.02. The van der Waals surface area contributed by atoms with Gasteiger partial charge < -0.3 is 29.1 Å². The number of nitrogens with zero attached hydrogens (tertiary/aromatic N) is 2. The predicted molar refractivity (Wildman–Crippen MR) is 133 cm³/mol. The number of morpholine rings is 1. The number of rotatable bonds is 8. The third kappa shape index (κ3) is 5.22. The molecule has 1 saturated heterocycles. The fraction of sp³-hybridized carbons (Fsp3) is 0.259. The predicted octanol–water partition coefficient (Wildman–Crippen LogP) is 4.09. The molecule has 0 aromatic heterocycles. The Morgan fingerprint density at radius 1 is 0.971 bits per heavy atom. The lowest BCUT2D eigenvalue weighted by molar-refractivity contribution is 0.0696. The molecule has 8 nitrogen and oxygen atoms in total. The van der Waals surface area contributed by atoms with Crippen molar-refractivity contribution in [1.29, 1.82) is 0 Å². The molecule has 0 radical (unpaired) electrons. The van der Waals surface area contributed by atoms with Gasteiger partial charge in [-0.1, -0.05) is 30.3 Å². The van der Waals surface area contributed by atoms with Gasteiger partial charge in [-0.05, 0) is 36.4 Å². The number of carboxylic acid groups (broad SMARTS) is 1. The summed E-state index contributed by atoms with van der Waals surface area (Å²) in [5.41, 5.74) is 2.43. The second-order valence-corrected chi connectivity index (χ2v) is 8.02. The number of carbonyl (C=O) groups excluding carboxylic acids is 1. The van der Waals surface area contributed by atoms with Gasteiger partial charge in [0, 0.05) is 29.9 Å². The van der Waals surface area contributed by atoms with Crippen LogP contribution in [0.2, 0.25) is 0 Å². The first-order valence-electron chi connectivity index (χ1n) is 11.3. The number of anilines is 2.